The molecule has 20 heavy (non-hydrogen) atoms. The summed E-state index contributed by atoms with van der Waals surface area (Å²) in [6.45, 7) is 3.11. The first-order valence-electron chi connectivity index (χ1n) is 6.13. The first-order valence-corrected chi connectivity index (χ1v) is 6.13. The molecule has 0 saturated heterocycles. The molecule has 104 valence electrons. The van der Waals surface area contributed by atoms with E-state index in [1.807, 2.05) is 12.1 Å². The van der Waals surface area contributed by atoms with Gasteiger partial charge < -0.3 is 10.4 Å². The van der Waals surface area contributed by atoms with Gasteiger partial charge in [-0.2, -0.15) is 0 Å². The number of aromatic nitrogens is 2. The van der Waals surface area contributed by atoms with Crippen LogP contribution in [0.25, 0.3) is 11.0 Å². The molecule has 0 bridgehead atoms. The first kappa shape index (κ1) is 13.9. The number of carbonyl (C=O) groups excluding carboxylic acids is 1. The maximum atomic E-state index is 12.0. The van der Waals surface area contributed by atoms with E-state index in [9.17, 15) is 9.59 Å². The van der Waals surface area contributed by atoms with Crippen LogP contribution < -0.4 is 5.32 Å². The molecule has 2 aromatic rings. The highest BCUT2D eigenvalue weighted by atomic mass is 16.4. The Balaban J connectivity index is 2.14. The molecule has 0 spiro atoms. The van der Waals surface area contributed by atoms with E-state index in [0.717, 1.165) is 0 Å². The van der Waals surface area contributed by atoms with Crippen LogP contribution in [0, 0.1) is 5.41 Å². The van der Waals surface area contributed by atoms with Crippen LogP contribution >= 0.6 is 0 Å². The second-order valence-electron chi connectivity index (χ2n) is 5.12. The van der Waals surface area contributed by atoms with E-state index in [1.54, 1.807) is 26.0 Å². The number of carbonyl (C=O) groups is 2. The van der Waals surface area contributed by atoms with Crippen molar-refractivity contribution >= 4 is 22.9 Å². The molecule has 6 nitrogen and oxygen atoms in total. The van der Waals surface area contributed by atoms with Gasteiger partial charge in [0.05, 0.1) is 22.6 Å². The van der Waals surface area contributed by atoms with Crippen molar-refractivity contribution in [3.8, 4) is 0 Å². The monoisotopic (exact) mass is 273 g/mol. The van der Waals surface area contributed by atoms with Crippen molar-refractivity contribution in [2.24, 2.45) is 5.41 Å². The number of carboxylic acids is 1. The average molecular weight is 273 g/mol. The molecule has 1 heterocycles. The van der Waals surface area contributed by atoms with Gasteiger partial charge in [0.1, 0.15) is 5.69 Å². The molecule has 1 aromatic carbocycles. The summed E-state index contributed by atoms with van der Waals surface area (Å²) >= 11 is 0. The molecule has 2 N–H and O–H groups in total. The molecule has 0 aliphatic heterocycles. The van der Waals surface area contributed by atoms with Gasteiger partial charge in [0.25, 0.3) is 5.91 Å². The molecule has 0 saturated carbocycles. The smallest absolute Gasteiger partial charge is 0.310 e. The minimum Gasteiger partial charge on any atom is -0.481 e. The second kappa shape index (κ2) is 5.24. The van der Waals surface area contributed by atoms with Gasteiger partial charge in [0, 0.05) is 6.54 Å². The minimum absolute atomic E-state index is 0.0235. The fourth-order valence-electron chi connectivity index (χ4n) is 1.53. The van der Waals surface area contributed by atoms with Crippen molar-refractivity contribution in [3.05, 3.63) is 36.2 Å². The van der Waals surface area contributed by atoms with Gasteiger partial charge in [-0.25, -0.2) is 4.98 Å². The maximum absolute atomic E-state index is 12.0. The van der Waals surface area contributed by atoms with Gasteiger partial charge in [0.2, 0.25) is 0 Å². The molecule has 0 aliphatic carbocycles. The molecular weight excluding hydrogens is 258 g/mol. The Labute approximate surface area is 115 Å². The average Bonchev–Trinajstić information content (AvgIpc) is 2.44. The summed E-state index contributed by atoms with van der Waals surface area (Å²) in [6.07, 6.45) is 1.38. The zero-order valence-electron chi connectivity index (χ0n) is 11.3. The van der Waals surface area contributed by atoms with Crippen LogP contribution in [0.5, 0.6) is 0 Å². The molecule has 2 rings (SSSR count). The Kier molecular flexibility index (Phi) is 3.65. The Hall–Kier alpha value is -2.50. The Morgan fingerprint density at radius 2 is 1.90 bits per heavy atom. The number of amides is 1. The first-order chi connectivity index (χ1) is 9.40. The Bertz CT molecular complexity index is 668. The van der Waals surface area contributed by atoms with E-state index in [1.165, 1.54) is 6.20 Å². The maximum Gasteiger partial charge on any atom is 0.310 e. The lowest BCUT2D eigenvalue weighted by Crippen LogP contribution is -2.39. The summed E-state index contributed by atoms with van der Waals surface area (Å²) < 4.78 is 0. The van der Waals surface area contributed by atoms with Gasteiger partial charge >= 0.3 is 5.97 Å². The summed E-state index contributed by atoms with van der Waals surface area (Å²) in [5, 5.41) is 11.5. The number of hydrogen-bond acceptors (Lipinski definition) is 4. The number of carboxylic acid groups (broad SMARTS) is 1. The van der Waals surface area contributed by atoms with Crippen LogP contribution in [0.15, 0.2) is 30.5 Å². The van der Waals surface area contributed by atoms with Crippen molar-refractivity contribution in [2.75, 3.05) is 6.54 Å². The van der Waals surface area contributed by atoms with Crippen molar-refractivity contribution in [1.82, 2.24) is 15.3 Å². The van der Waals surface area contributed by atoms with Gasteiger partial charge in [-0.3, -0.25) is 14.6 Å². The summed E-state index contributed by atoms with van der Waals surface area (Å²) in [5.41, 5.74) is 0.470. The normalized spacial score (nSPS) is 11.3. The number of nitrogens with one attached hydrogen (secondary N) is 1. The highest BCUT2D eigenvalue weighted by Crippen LogP contribution is 2.13. The number of rotatable bonds is 4. The van der Waals surface area contributed by atoms with E-state index in [2.05, 4.69) is 15.3 Å². The third-order valence-corrected chi connectivity index (χ3v) is 2.95. The molecule has 6 heteroatoms. The molecule has 0 radical (unpaired) electrons. The Morgan fingerprint density at radius 3 is 2.55 bits per heavy atom. The molecular formula is C14H15N3O3. The van der Waals surface area contributed by atoms with Crippen LogP contribution in [0.1, 0.15) is 24.3 Å². The van der Waals surface area contributed by atoms with Crippen LogP contribution in [0.3, 0.4) is 0 Å². The number of aliphatic carboxylic acids is 1. The fourth-order valence-corrected chi connectivity index (χ4v) is 1.53. The predicted molar refractivity (Wildman–Crippen MR) is 73.3 cm³/mol. The van der Waals surface area contributed by atoms with Gasteiger partial charge in [0.15, 0.2) is 0 Å². The molecule has 1 aromatic heterocycles. The van der Waals surface area contributed by atoms with Gasteiger partial charge in [-0.15, -0.1) is 0 Å². The summed E-state index contributed by atoms with van der Waals surface area (Å²) in [4.78, 5) is 31.3. The van der Waals surface area contributed by atoms with Crippen molar-refractivity contribution in [2.45, 2.75) is 13.8 Å². The van der Waals surface area contributed by atoms with Crippen LogP contribution in [0.4, 0.5) is 0 Å². The summed E-state index contributed by atoms with van der Waals surface area (Å²) in [6, 6.07) is 7.22. The standard InChI is InChI=1S/C14H15N3O3/c1-14(2,13(19)20)8-16-12(18)11-7-15-9-5-3-4-6-10(9)17-11/h3-7H,8H2,1-2H3,(H,16,18)(H,19,20). The largest absolute Gasteiger partial charge is 0.481 e. The van der Waals surface area contributed by atoms with Crippen molar-refractivity contribution < 1.29 is 14.7 Å². The topological polar surface area (TPSA) is 92.2 Å². The molecule has 0 aliphatic rings. The lowest BCUT2D eigenvalue weighted by atomic mass is 9.94. The number of fused-ring (bicyclic) bond motifs is 1. The fraction of sp³-hybridized carbons (Fsp3) is 0.286. The lowest BCUT2D eigenvalue weighted by Gasteiger charge is -2.19. The molecule has 1 amide bonds. The molecule has 0 fully saturated rings. The summed E-state index contributed by atoms with van der Waals surface area (Å²) in [5.74, 6) is -1.40. The highest BCUT2D eigenvalue weighted by molar-refractivity contribution is 5.94. The van der Waals surface area contributed by atoms with Crippen molar-refractivity contribution in [1.29, 1.82) is 0 Å². The highest BCUT2D eigenvalue weighted by Gasteiger charge is 2.27. The number of nitrogens with zero attached hydrogens (tertiary/aromatic N) is 2. The van der Waals surface area contributed by atoms with Crippen LogP contribution in [-0.2, 0) is 4.79 Å². The van der Waals surface area contributed by atoms with E-state index in [4.69, 9.17) is 5.11 Å². The van der Waals surface area contributed by atoms with Crippen LogP contribution in [-0.4, -0.2) is 33.5 Å². The van der Waals surface area contributed by atoms with Gasteiger partial charge in [-0.1, -0.05) is 12.1 Å². The Morgan fingerprint density at radius 1 is 1.25 bits per heavy atom. The van der Waals surface area contributed by atoms with Crippen LogP contribution in [0.2, 0.25) is 0 Å². The lowest BCUT2D eigenvalue weighted by molar-refractivity contribution is -0.146. The second-order valence-corrected chi connectivity index (χ2v) is 5.12. The van der Waals surface area contributed by atoms with Gasteiger partial charge in [-0.05, 0) is 26.0 Å². The zero-order valence-corrected chi connectivity index (χ0v) is 11.3. The summed E-state index contributed by atoms with van der Waals surface area (Å²) in [7, 11) is 0. The predicted octanol–water partition coefficient (Wildman–Crippen LogP) is 1.47. The number of para-hydroxylation sites is 2. The third-order valence-electron chi connectivity index (χ3n) is 2.95. The quantitative estimate of drug-likeness (QED) is 0.880. The van der Waals surface area contributed by atoms with E-state index in [0.29, 0.717) is 11.0 Å². The molecule has 0 unspecified atom stereocenters. The zero-order chi connectivity index (χ0) is 14.8. The number of benzene rings is 1. The van der Waals surface area contributed by atoms with E-state index in [-0.39, 0.29) is 12.2 Å². The van der Waals surface area contributed by atoms with Crippen molar-refractivity contribution in [3.63, 3.8) is 0 Å². The van der Waals surface area contributed by atoms with E-state index >= 15 is 0 Å². The van der Waals surface area contributed by atoms with E-state index < -0.39 is 17.3 Å². The number of hydrogen-bond donors (Lipinski definition) is 2. The SMILES string of the molecule is CC(C)(CNC(=O)c1cnc2ccccc2n1)C(=O)O. The third kappa shape index (κ3) is 2.90. The molecule has 0 atom stereocenters. The minimum atomic E-state index is -1.03.